The molecule has 2 aromatic rings. The van der Waals surface area contributed by atoms with Gasteiger partial charge < -0.3 is 23.8 Å². The molecule has 0 saturated carbocycles. The highest BCUT2D eigenvalue weighted by atomic mass is 16.5. The molecule has 3 rings (SSSR count). The van der Waals surface area contributed by atoms with Crippen molar-refractivity contribution >= 4 is 5.95 Å². The number of anilines is 1. The van der Waals surface area contributed by atoms with E-state index in [1.165, 1.54) is 0 Å². The number of H-pyrrole nitrogens is 1. The van der Waals surface area contributed by atoms with Crippen molar-refractivity contribution in [1.29, 1.82) is 0 Å². The Bertz CT molecular complexity index is 667. The van der Waals surface area contributed by atoms with E-state index < -0.39 is 0 Å². The van der Waals surface area contributed by atoms with Gasteiger partial charge in [-0.05, 0) is 12.1 Å². The zero-order valence-electron chi connectivity index (χ0n) is 13.5. The van der Waals surface area contributed by atoms with Crippen molar-refractivity contribution in [1.82, 2.24) is 15.2 Å². The van der Waals surface area contributed by atoms with Crippen molar-refractivity contribution in [2.24, 2.45) is 0 Å². The molecule has 0 amide bonds. The van der Waals surface area contributed by atoms with Crippen LogP contribution in [0.15, 0.2) is 12.1 Å². The van der Waals surface area contributed by atoms with Crippen molar-refractivity contribution in [2.75, 3.05) is 52.5 Å². The first-order valence-corrected chi connectivity index (χ1v) is 7.33. The number of morpholine rings is 1. The molecule has 1 aromatic carbocycles. The Labute approximate surface area is 134 Å². The highest BCUT2D eigenvalue weighted by molar-refractivity contribution is 5.72. The third kappa shape index (κ3) is 2.89. The number of nitrogens with one attached hydrogen (secondary N) is 1. The monoisotopic (exact) mass is 320 g/mol. The summed E-state index contributed by atoms with van der Waals surface area (Å²) in [5, 5.41) is 7.26. The molecule has 2 heterocycles. The zero-order valence-corrected chi connectivity index (χ0v) is 13.5. The molecular formula is C15H20N4O4. The molecule has 124 valence electrons. The van der Waals surface area contributed by atoms with Gasteiger partial charge in [-0.25, -0.2) is 0 Å². The first kappa shape index (κ1) is 15.4. The lowest BCUT2D eigenvalue weighted by Crippen LogP contribution is -2.36. The van der Waals surface area contributed by atoms with Gasteiger partial charge in [0, 0.05) is 13.1 Å². The number of hydrogen-bond acceptors (Lipinski definition) is 7. The summed E-state index contributed by atoms with van der Waals surface area (Å²) >= 11 is 0. The van der Waals surface area contributed by atoms with Gasteiger partial charge in [0.05, 0.1) is 40.1 Å². The SMILES string of the molecule is COc1ccc(-c2nc(N3CCOCC3)n[nH]2)c(OC)c1OC. The third-order valence-corrected chi connectivity index (χ3v) is 3.73. The zero-order chi connectivity index (χ0) is 16.2. The maximum absolute atomic E-state index is 5.49. The lowest BCUT2D eigenvalue weighted by Gasteiger charge is -2.25. The maximum atomic E-state index is 5.49. The van der Waals surface area contributed by atoms with Crippen molar-refractivity contribution in [3.8, 4) is 28.6 Å². The van der Waals surface area contributed by atoms with Gasteiger partial charge >= 0.3 is 0 Å². The summed E-state index contributed by atoms with van der Waals surface area (Å²) in [5.41, 5.74) is 0.761. The Morgan fingerprint density at radius 1 is 1.04 bits per heavy atom. The summed E-state index contributed by atoms with van der Waals surface area (Å²) in [4.78, 5) is 6.65. The molecule has 8 nitrogen and oxygen atoms in total. The lowest BCUT2D eigenvalue weighted by atomic mass is 10.1. The second kappa shape index (κ2) is 6.74. The Morgan fingerprint density at radius 2 is 1.78 bits per heavy atom. The fourth-order valence-electron chi connectivity index (χ4n) is 2.57. The number of hydrogen-bond donors (Lipinski definition) is 1. The average Bonchev–Trinajstić information content (AvgIpc) is 3.10. The molecular weight excluding hydrogens is 300 g/mol. The lowest BCUT2D eigenvalue weighted by molar-refractivity contribution is 0.122. The highest BCUT2D eigenvalue weighted by Gasteiger charge is 2.21. The van der Waals surface area contributed by atoms with Crippen LogP contribution >= 0.6 is 0 Å². The molecule has 23 heavy (non-hydrogen) atoms. The first-order chi connectivity index (χ1) is 11.3. The standard InChI is InChI=1S/C15H20N4O4/c1-20-11-5-4-10(12(21-2)13(11)22-3)14-16-15(18-17-14)19-6-8-23-9-7-19/h4-5H,6-9H2,1-3H3,(H,16,17,18). The summed E-state index contributed by atoms with van der Waals surface area (Å²) in [6.45, 7) is 2.92. The second-order valence-electron chi connectivity index (χ2n) is 4.97. The Morgan fingerprint density at radius 3 is 2.43 bits per heavy atom. The molecule has 1 fully saturated rings. The molecule has 0 aliphatic carbocycles. The summed E-state index contributed by atoms with van der Waals surface area (Å²) in [6, 6.07) is 3.68. The van der Waals surface area contributed by atoms with E-state index in [1.807, 2.05) is 12.1 Å². The van der Waals surface area contributed by atoms with E-state index in [4.69, 9.17) is 18.9 Å². The molecule has 1 aliphatic heterocycles. The summed E-state index contributed by atoms with van der Waals surface area (Å²) in [7, 11) is 4.74. The maximum Gasteiger partial charge on any atom is 0.245 e. The smallest absolute Gasteiger partial charge is 0.245 e. The number of aromatic amines is 1. The average molecular weight is 320 g/mol. The first-order valence-electron chi connectivity index (χ1n) is 7.33. The Kier molecular flexibility index (Phi) is 4.52. The Balaban J connectivity index is 1.96. The van der Waals surface area contributed by atoms with E-state index >= 15 is 0 Å². The van der Waals surface area contributed by atoms with Crippen LogP contribution in [0.2, 0.25) is 0 Å². The number of benzene rings is 1. The molecule has 1 saturated heterocycles. The summed E-state index contributed by atoms with van der Waals surface area (Å²) in [6.07, 6.45) is 0. The van der Waals surface area contributed by atoms with Crippen LogP contribution in [-0.2, 0) is 4.74 Å². The normalized spacial score (nSPS) is 14.7. The largest absolute Gasteiger partial charge is 0.493 e. The highest BCUT2D eigenvalue weighted by Crippen LogP contribution is 2.43. The van der Waals surface area contributed by atoms with Crippen LogP contribution in [0.25, 0.3) is 11.4 Å². The quantitative estimate of drug-likeness (QED) is 0.890. The number of methoxy groups -OCH3 is 3. The minimum absolute atomic E-state index is 0.525. The molecule has 0 unspecified atom stereocenters. The van der Waals surface area contributed by atoms with E-state index in [1.54, 1.807) is 21.3 Å². The van der Waals surface area contributed by atoms with Crippen LogP contribution in [0, 0.1) is 0 Å². The van der Waals surface area contributed by atoms with Crippen molar-refractivity contribution < 1.29 is 18.9 Å². The van der Waals surface area contributed by atoms with Crippen molar-refractivity contribution in [3.63, 3.8) is 0 Å². The predicted molar refractivity (Wildman–Crippen MR) is 84.5 cm³/mol. The topological polar surface area (TPSA) is 81.7 Å². The molecule has 0 bridgehead atoms. The van der Waals surface area contributed by atoms with Crippen LogP contribution in [0.1, 0.15) is 0 Å². The molecule has 0 spiro atoms. The van der Waals surface area contributed by atoms with Crippen molar-refractivity contribution in [3.05, 3.63) is 12.1 Å². The molecule has 0 radical (unpaired) electrons. The minimum atomic E-state index is 0.525. The Hall–Kier alpha value is -2.48. The number of rotatable bonds is 5. The molecule has 0 atom stereocenters. The minimum Gasteiger partial charge on any atom is -0.493 e. The number of ether oxygens (including phenoxy) is 4. The van der Waals surface area contributed by atoms with E-state index in [0.717, 1.165) is 18.7 Å². The van der Waals surface area contributed by atoms with Crippen LogP contribution in [0.4, 0.5) is 5.95 Å². The second-order valence-corrected chi connectivity index (χ2v) is 4.97. The van der Waals surface area contributed by atoms with Crippen molar-refractivity contribution in [2.45, 2.75) is 0 Å². The van der Waals surface area contributed by atoms with E-state index in [9.17, 15) is 0 Å². The van der Waals surface area contributed by atoms with Gasteiger partial charge in [0.15, 0.2) is 17.3 Å². The van der Waals surface area contributed by atoms with E-state index in [0.29, 0.717) is 42.2 Å². The fraction of sp³-hybridized carbons (Fsp3) is 0.467. The molecule has 1 N–H and O–H groups in total. The van der Waals surface area contributed by atoms with Gasteiger partial charge in [-0.1, -0.05) is 0 Å². The number of nitrogens with zero attached hydrogens (tertiary/aromatic N) is 3. The predicted octanol–water partition coefficient (Wildman–Crippen LogP) is 1.33. The van der Waals surface area contributed by atoms with Crippen LogP contribution in [0.5, 0.6) is 17.2 Å². The molecule has 1 aliphatic rings. The number of aromatic nitrogens is 3. The van der Waals surface area contributed by atoms with E-state index in [2.05, 4.69) is 20.1 Å². The van der Waals surface area contributed by atoms with Gasteiger partial charge in [-0.3, -0.25) is 5.10 Å². The van der Waals surface area contributed by atoms with Gasteiger partial charge in [-0.15, -0.1) is 5.10 Å². The van der Waals surface area contributed by atoms with Gasteiger partial charge in [-0.2, -0.15) is 4.98 Å². The fourth-order valence-corrected chi connectivity index (χ4v) is 2.57. The van der Waals surface area contributed by atoms with Gasteiger partial charge in [0.1, 0.15) is 0 Å². The van der Waals surface area contributed by atoms with Crippen LogP contribution in [0.3, 0.4) is 0 Å². The summed E-state index contributed by atoms with van der Waals surface area (Å²) in [5.74, 6) is 2.94. The van der Waals surface area contributed by atoms with Crippen LogP contribution < -0.4 is 19.1 Å². The van der Waals surface area contributed by atoms with E-state index in [-0.39, 0.29) is 0 Å². The van der Waals surface area contributed by atoms with Crippen LogP contribution in [-0.4, -0.2) is 62.8 Å². The summed E-state index contributed by atoms with van der Waals surface area (Å²) < 4.78 is 21.5. The third-order valence-electron chi connectivity index (χ3n) is 3.73. The van der Waals surface area contributed by atoms with Gasteiger partial charge in [0.2, 0.25) is 11.7 Å². The van der Waals surface area contributed by atoms with Gasteiger partial charge in [0.25, 0.3) is 0 Å². The molecule has 8 heteroatoms. The molecule has 1 aromatic heterocycles.